The monoisotopic (exact) mass is 367 g/mol. The van der Waals surface area contributed by atoms with E-state index in [0.717, 1.165) is 15.4 Å². The first-order chi connectivity index (χ1) is 12.2. The zero-order chi connectivity index (χ0) is 17.2. The molecule has 6 nitrogen and oxygen atoms in total. The van der Waals surface area contributed by atoms with Gasteiger partial charge in [-0.1, -0.05) is 24.3 Å². The van der Waals surface area contributed by atoms with E-state index in [-0.39, 0.29) is 11.7 Å². The fourth-order valence-corrected chi connectivity index (χ4v) is 3.65. The van der Waals surface area contributed by atoms with Crippen LogP contribution in [-0.4, -0.2) is 25.7 Å². The SMILES string of the molecule is Cc1cnc(NC(=O)c2nc(-c3cccs3)n(-c3ccccc3)n2)s1. The van der Waals surface area contributed by atoms with Crippen molar-refractivity contribution < 1.29 is 4.79 Å². The highest BCUT2D eigenvalue weighted by molar-refractivity contribution is 7.15. The van der Waals surface area contributed by atoms with Gasteiger partial charge in [-0.15, -0.1) is 27.8 Å². The molecule has 0 spiro atoms. The molecule has 0 aliphatic rings. The van der Waals surface area contributed by atoms with Crippen LogP contribution in [-0.2, 0) is 0 Å². The number of nitrogens with one attached hydrogen (secondary N) is 1. The Balaban J connectivity index is 1.73. The Morgan fingerprint density at radius 3 is 2.68 bits per heavy atom. The predicted octanol–water partition coefficient (Wildman–Crippen LogP) is 4.01. The molecule has 0 unspecified atom stereocenters. The number of hydrogen-bond donors (Lipinski definition) is 1. The summed E-state index contributed by atoms with van der Waals surface area (Å²) >= 11 is 2.96. The first-order valence-corrected chi connectivity index (χ1v) is 9.20. The van der Waals surface area contributed by atoms with E-state index in [1.54, 1.807) is 22.2 Å². The molecular formula is C17H13N5OS2. The van der Waals surface area contributed by atoms with Gasteiger partial charge in [0.2, 0.25) is 5.82 Å². The average Bonchev–Trinajstić information content (AvgIpc) is 3.35. The minimum atomic E-state index is -0.373. The molecule has 1 N–H and O–H groups in total. The van der Waals surface area contributed by atoms with Crippen molar-refractivity contribution in [2.75, 3.05) is 5.32 Å². The molecule has 3 heterocycles. The molecule has 124 valence electrons. The lowest BCUT2D eigenvalue weighted by Gasteiger charge is -2.03. The van der Waals surface area contributed by atoms with Gasteiger partial charge in [-0.2, -0.15) is 0 Å². The number of thiophene rings is 1. The van der Waals surface area contributed by atoms with Gasteiger partial charge in [0, 0.05) is 11.1 Å². The van der Waals surface area contributed by atoms with Crippen LogP contribution in [0.25, 0.3) is 16.4 Å². The Labute approximate surface area is 151 Å². The van der Waals surface area contributed by atoms with Gasteiger partial charge >= 0.3 is 0 Å². The summed E-state index contributed by atoms with van der Waals surface area (Å²) in [4.78, 5) is 23.1. The normalized spacial score (nSPS) is 10.8. The van der Waals surface area contributed by atoms with Crippen molar-refractivity contribution in [1.82, 2.24) is 19.7 Å². The van der Waals surface area contributed by atoms with Gasteiger partial charge in [0.1, 0.15) is 0 Å². The second-order valence-corrected chi connectivity index (χ2v) is 7.40. The number of rotatable bonds is 4. The number of benzene rings is 1. The number of anilines is 1. The smallest absolute Gasteiger partial charge is 0.295 e. The highest BCUT2D eigenvalue weighted by Crippen LogP contribution is 2.26. The highest BCUT2D eigenvalue weighted by atomic mass is 32.1. The number of hydrogen-bond acceptors (Lipinski definition) is 6. The highest BCUT2D eigenvalue weighted by Gasteiger charge is 2.20. The second kappa shape index (κ2) is 6.58. The fourth-order valence-electron chi connectivity index (χ4n) is 2.29. The Morgan fingerprint density at radius 1 is 1.16 bits per heavy atom. The Hall–Kier alpha value is -2.84. The third-order valence-electron chi connectivity index (χ3n) is 3.39. The van der Waals surface area contributed by atoms with Crippen molar-refractivity contribution in [3.05, 3.63) is 64.7 Å². The summed E-state index contributed by atoms with van der Waals surface area (Å²) in [6, 6.07) is 13.5. The molecule has 3 aromatic heterocycles. The van der Waals surface area contributed by atoms with E-state index in [9.17, 15) is 4.79 Å². The molecule has 0 saturated heterocycles. The average molecular weight is 367 g/mol. The van der Waals surface area contributed by atoms with Crippen molar-refractivity contribution in [2.45, 2.75) is 6.92 Å². The number of carbonyl (C=O) groups is 1. The number of aromatic nitrogens is 4. The first-order valence-electron chi connectivity index (χ1n) is 7.51. The van der Waals surface area contributed by atoms with Crippen LogP contribution >= 0.6 is 22.7 Å². The lowest BCUT2D eigenvalue weighted by Crippen LogP contribution is -2.14. The number of carbonyl (C=O) groups excluding carboxylic acids is 1. The molecule has 0 radical (unpaired) electrons. The molecule has 0 atom stereocenters. The Kier molecular flexibility index (Phi) is 4.12. The summed E-state index contributed by atoms with van der Waals surface area (Å²) < 4.78 is 1.69. The zero-order valence-electron chi connectivity index (χ0n) is 13.2. The molecule has 4 aromatic rings. The van der Waals surface area contributed by atoms with Crippen molar-refractivity contribution in [1.29, 1.82) is 0 Å². The second-order valence-electron chi connectivity index (χ2n) is 5.21. The summed E-state index contributed by atoms with van der Waals surface area (Å²) in [5, 5.41) is 9.67. The first kappa shape index (κ1) is 15.7. The van der Waals surface area contributed by atoms with Crippen LogP contribution in [0.2, 0.25) is 0 Å². The molecular weight excluding hydrogens is 354 g/mol. The summed E-state index contributed by atoms with van der Waals surface area (Å²) in [7, 11) is 0. The van der Waals surface area contributed by atoms with E-state index in [1.807, 2.05) is 54.8 Å². The fraction of sp³-hybridized carbons (Fsp3) is 0.0588. The number of nitrogens with zero attached hydrogens (tertiary/aromatic N) is 4. The Morgan fingerprint density at radius 2 is 2.00 bits per heavy atom. The molecule has 1 amide bonds. The molecule has 0 saturated carbocycles. The molecule has 0 aliphatic carbocycles. The summed E-state index contributed by atoms with van der Waals surface area (Å²) in [5.41, 5.74) is 0.850. The zero-order valence-corrected chi connectivity index (χ0v) is 14.8. The van der Waals surface area contributed by atoms with Gasteiger partial charge in [-0.3, -0.25) is 10.1 Å². The molecule has 0 aliphatic heterocycles. The summed E-state index contributed by atoms with van der Waals surface area (Å²) in [5.74, 6) is 0.378. The lowest BCUT2D eigenvalue weighted by atomic mass is 10.3. The van der Waals surface area contributed by atoms with Crippen LogP contribution in [0.4, 0.5) is 5.13 Å². The number of amides is 1. The van der Waals surface area contributed by atoms with Crippen LogP contribution in [0.15, 0.2) is 54.0 Å². The maximum absolute atomic E-state index is 12.5. The number of thiazole rings is 1. The largest absolute Gasteiger partial charge is 0.297 e. The van der Waals surface area contributed by atoms with Gasteiger partial charge in [0.25, 0.3) is 5.91 Å². The van der Waals surface area contributed by atoms with E-state index >= 15 is 0 Å². The number of aryl methyl sites for hydroxylation is 1. The van der Waals surface area contributed by atoms with Gasteiger partial charge < -0.3 is 0 Å². The van der Waals surface area contributed by atoms with Gasteiger partial charge in [-0.05, 0) is 30.5 Å². The third kappa shape index (κ3) is 3.21. The van der Waals surface area contributed by atoms with Crippen LogP contribution in [0.1, 0.15) is 15.5 Å². The van der Waals surface area contributed by atoms with E-state index in [2.05, 4.69) is 20.4 Å². The van der Waals surface area contributed by atoms with Gasteiger partial charge in [0.15, 0.2) is 11.0 Å². The van der Waals surface area contributed by atoms with Crippen molar-refractivity contribution in [2.24, 2.45) is 0 Å². The summed E-state index contributed by atoms with van der Waals surface area (Å²) in [6.45, 7) is 1.94. The van der Waals surface area contributed by atoms with Crippen molar-refractivity contribution in [3.63, 3.8) is 0 Å². The maximum Gasteiger partial charge on any atom is 0.297 e. The molecule has 0 fully saturated rings. The van der Waals surface area contributed by atoms with E-state index in [4.69, 9.17) is 0 Å². The van der Waals surface area contributed by atoms with Crippen molar-refractivity contribution in [3.8, 4) is 16.4 Å². The van der Waals surface area contributed by atoms with Gasteiger partial charge in [0.05, 0.1) is 10.6 Å². The van der Waals surface area contributed by atoms with Crippen LogP contribution in [0.3, 0.4) is 0 Å². The Bertz CT molecular complexity index is 1010. The predicted molar refractivity (Wildman–Crippen MR) is 99.5 cm³/mol. The maximum atomic E-state index is 12.5. The van der Waals surface area contributed by atoms with Crippen molar-refractivity contribution >= 4 is 33.7 Å². The molecule has 25 heavy (non-hydrogen) atoms. The van der Waals surface area contributed by atoms with Crippen LogP contribution < -0.4 is 5.32 Å². The molecule has 1 aromatic carbocycles. The number of para-hydroxylation sites is 1. The quantitative estimate of drug-likeness (QED) is 0.591. The lowest BCUT2D eigenvalue weighted by molar-refractivity contribution is 0.101. The van der Waals surface area contributed by atoms with Crippen LogP contribution in [0, 0.1) is 6.92 Å². The van der Waals surface area contributed by atoms with Crippen LogP contribution in [0.5, 0.6) is 0 Å². The molecule has 4 rings (SSSR count). The van der Waals surface area contributed by atoms with E-state index in [0.29, 0.717) is 11.0 Å². The van der Waals surface area contributed by atoms with E-state index in [1.165, 1.54) is 11.3 Å². The standard InChI is InChI=1S/C17H13N5OS2/c1-11-10-18-17(25-11)20-16(23)14-19-15(13-8-5-9-24-13)22(21-14)12-6-3-2-4-7-12/h2-10H,1H3,(H,18,20,23). The summed E-state index contributed by atoms with van der Waals surface area (Å²) in [6.07, 6.45) is 1.72. The minimum Gasteiger partial charge on any atom is -0.295 e. The molecule has 0 bridgehead atoms. The molecule has 8 heteroatoms. The van der Waals surface area contributed by atoms with E-state index < -0.39 is 0 Å². The minimum absolute atomic E-state index is 0.111. The van der Waals surface area contributed by atoms with Gasteiger partial charge in [-0.25, -0.2) is 14.6 Å². The topological polar surface area (TPSA) is 72.7 Å². The third-order valence-corrected chi connectivity index (χ3v) is 5.09.